The Morgan fingerprint density at radius 2 is 1.93 bits per heavy atom. The Labute approximate surface area is 159 Å². The number of benzene rings is 1. The first-order valence-corrected chi connectivity index (χ1v) is 9.33. The summed E-state index contributed by atoms with van der Waals surface area (Å²) in [6.07, 6.45) is 2.77. The van der Waals surface area contributed by atoms with Crippen molar-refractivity contribution in [1.82, 2.24) is 9.97 Å². The predicted molar refractivity (Wildman–Crippen MR) is 107 cm³/mol. The number of carbonyl (C=O) groups excluding carboxylic acids is 1. The zero-order valence-electron chi connectivity index (χ0n) is 16.3. The third-order valence-corrected chi connectivity index (χ3v) is 5.10. The van der Waals surface area contributed by atoms with Gasteiger partial charge in [-0.2, -0.15) is 0 Å². The van der Waals surface area contributed by atoms with Crippen LogP contribution in [-0.4, -0.2) is 30.2 Å². The second-order valence-corrected chi connectivity index (χ2v) is 6.62. The van der Waals surface area contributed by atoms with Crippen molar-refractivity contribution in [1.29, 1.82) is 0 Å². The van der Waals surface area contributed by atoms with Crippen molar-refractivity contribution in [2.24, 2.45) is 0 Å². The van der Waals surface area contributed by atoms with E-state index in [-0.39, 0.29) is 0 Å². The second-order valence-electron chi connectivity index (χ2n) is 6.62. The molecule has 0 fully saturated rings. The minimum absolute atomic E-state index is 0.334. The van der Waals surface area contributed by atoms with Crippen LogP contribution in [0.25, 0.3) is 10.9 Å². The van der Waals surface area contributed by atoms with Crippen LogP contribution >= 0.6 is 0 Å². The number of fused-ring (bicyclic) bond motifs is 1. The van der Waals surface area contributed by atoms with Crippen LogP contribution in [0.3, 0.4) is 0 Å². The number of rotatable bonds is 7. The number of hydrogen-bond donors (Lipinski definition) is 1. The second kappa shape index (κ2) is 8.25. The summed E-state index contributed by atoms with van der Waals surface area (Å²) in [5, 5.41) is 1.17. The number of nitrogens with zero attached hydrogens (tertiary/aromatic N) is 1. The van der Waals surface area contributed by atoms with Crippen molar-refractivity contribution in [2.75, 3.05) is 14.2 Å². The van der Waals surface area contributed by atoms with E-state index < -0.39 is 5.97 Å². The summed E-state index contributed by atoms with van der Waals surface area (Å²) in [5.41, 5.74) is 4.72. The largest absolute Gasteiger partial charge is 0.497 e. The molecule has 5 heteroatoms. The summed E-state index contributed by atoms with van der Waals surface area (Å²) in [6.45, 7) is 4.42. The molecule has 2 aromatic heterocycles. The smallest absolute Gasteiger partial charge is 0.356 e. The first kappa shape index (κ1) is 19.0. The third kappa shape index (κ3) is 3.82. The number of aromatic amines is 1. The molecule has 0 atom stereocenters. The minimum Gasteiger partial charge on any atom is -0.497 e. The maximum atomic E-state index is 11.8. The molecule has 0 aliphatic carbocycles. The molecule has 0 spiro atoms. The van der Waals surface area contributed by atoms with E-state index >= 15 is 0 Å². The molecule has 142 valence electrons. The topological polar surface area (TPSA) is 64.2 Å². The highest BCUT2D eigenvalue weighted by atomic mass is 16.5. The fourth-order valence-corrected chi connectivity index (χ4v) is 3.60. The Morgan fingerprint density at radius 3 is 2.59 bits per heavy atom. The highest BCUT2D eigenvalue weighted by Gasteiger charge is 2.19. The highest BCUT2D eigenvalue weighted by molar-refractivity contribution is 5.88. The number of methoxy groups -OCH3 is 2. The number of esters is 1. The summed E-state index contributed by atoms with van der Waals surface area (Å²) in [5.74, 6) is 0.861. The van der Waals surface area contributed by atoms with Crippen molar-refractivity contribution in [2.45, 2.75) is 39.0 Å². The van der Waals surface area contributed by atoms with Crippen LogP contribution in [0.2, 0.25) is 0 Å². The average Bonchev–Trinajstić information content (AvgIpc) is 3.05. The lowest BCUT2D eigenvalue weighted by molar-refractivity contribution is 0.0593. The first-order chi connectivity index (χ1) is 13.1. The lowest BCUT2D eigenvalue weighted by atomic mass is 9.93. The van der Waals surface area contributed by atoms with Crippen molar-refractivity contribution in [3.05, 3.63) is 59.0 Å². The van der Waals surface area contributed by atoms with Crippen LogP contribution in [-0.2, 0) is 11.2 Å². The molecule has 2 heterocycles. The Hall–Kier alpha value is -2.82. The maximum absolute atomic E-state index is 11.8. The molecule has 1 N–H and O–H groups in total. The molecule has 1 aromatic carbocycles. The van der Waals surface area contributed by atoms with Gasteiger partial charge in [0.1, 0.15) is 11.4 Å². The van der Waals surface area contributed by atoms with Crippen LogP contribution in [0.15, 0.2) is 36.4 Å². The van der Waals surface area contributed by atoms with E-state index in [1.54, 1.807) is 13.2 Å². The van der Waals surface area contributed by atoms with Gasteiger partial charge >= 0.3 is 5.97 Å². The Morgan fingerprint density at radius 1 is 1.15 bits per heavy atom. The summed E-state index contributed by atoms with van der Waals surface area (Å²) < 4.78 is 10.2. The molecule has 5 nitrogen and oxygen atoms in total. The number of ether oxygens (including phenoxy) is 2. The molecule has 0 radical (unpaired) electrons. The molecule has 27 heavy (non-hydrogen) atoms. The van der Waals surface area contributed by atoms with Crippen molar-refractivity contribution in [3.8, 4) is 5.75 Å². The minimum atomic E-state index is -0.416. The molecule has 0 bridgehead atoms. The van der Waals surface area contributed by atoms with E-state index in [0.29, 0.717) is 18.0 Å². The molecule has 0 aliphatic heterocycles. The molecular weight excluding hydrogens is 340 g/mol. The summed E-state index contributed by atoms with van der Waals surface area (Å²) in [7, 11) is 3.05. The van der Waals surface area contributed by atoms with Gasteiger partial charge in [-0.3, -0.25) is 0 Å². The molecule has 3 rings (SSSR count). The van der Waals surface area contributed by atoms with Gasteiger partial charge in [-0.15, -0.1) is 0 Å². The fraction of sp³-hybridized carbons (Fsp3) is 0.364. The van der Waals surface area contributed by atoms with Crippen molar-refractivity contribution < 1.29 is 14.3 Å². The maximum Gasteiger partial charge on any atom is 0.356 e. The number of hydrogen-bond acceptors (Lipinski definition) is 4. The predicted octanol–water partition coefficient (Wildman–Crippen LogP) is 4.85. The highest BCUT2D eigenvalue weighted by Crippen LogP contribution is 2.34. The number of pyridine rings is 1. The fourth-order valence-electron chi connectivity index (χ4n) is 3.60. The molecule has 0 saturated heterocycles. The summed E-state index contributed by atoms with van der Waals surface area (Å²) in [4.78, 5) is 19.9. The lowest BCUT2D eigenvalue weighted by Gasteiger charge is -2.14. The Kier molecular flexibility index (Phi) is 5.79. The van der Waals surface area contributed by atoms with Crippen LogP contribution < -0.4 is 4.74 Å². The Bertz CT molecular complexity index is 942. The number of aromatic nitrogens is 2. The van der Waals surface area contributed by atoms with E-state index in [4.69, 9.17) is 9.47 Å². The Balaban J connectivity index is 2.09. The monoisotopic (exact) mass is 366 g/mol. The lowest BCUT2D eigenvalue weighted by Crippen LogP contribution is -2.07. The zero-order valence-corrected chi connectivity index (χ0v) is 16.3. The van der Waals surface area contributed by atoms with E-state index in [2.05, 4.69) is 29.9 Å². The van der Waals surface area contributed by atoms with Gasteiger partial charge in [0.05, 0.1) is 14.2 Å². The van der Waals surface area contributed by atoms with E-state index in [1.807, 2.05) is 24.3 Å². The van der Waals surface area contributed by atoms with Crippen LogP contribution in [0.5, 0.6) is 5.75 Å². The van der Waals surface area contributed by atoms with Gasteiger partial charge in [-0.05, 0) is 48.6 Å². The van der Waals surface area contributed by atoms with Crippen LogP contribution in [0.1, 0.15) is 60.0 Å². The van der Waals surface area contributed by atoms with Gasteiger partial charge in [0, 0.05) is 34.8 Å². The number of carbonyl (C=O) groups is 1. The third-order valence-electron chi connectivity index (χ3n) is 5.10. The van der Waals surface area contributed by atoms with E-state index in [0.717, 1.165) is 29.8 Å². The van der Waals surface area contributed by atoms with Gasteiger partial charge < -0.3 is 14.5 Å². The van der Waals surface area contributed by atoms with Crippen molar-refractivity contribution >= 4 is 16.9 Å². The van der Waals surface area contributed by atoms with Gasteiger partial charge in [0.2, 0.25) is 0 Å². The molecule has 0 unspecified atom stereocenters. The number of H-pyrrole nitrogens is 1. The molecule has 3 aromatic rings. The number of nitrogens with one attached hydrogen (secondary N) is 1. The molecule has 0 aliphatic rings. The standard InChI is InChI=1S/C22H26N2O3/c1-5-14(6-2)21-18(17-11-10-16(26-3)13-20(17)24-21)12-15-8-7-9-19(23-15)22(25)27-4/h7-11,13-14,24H,5-6,12H2,1-4H3. The van der Waals surface area contributed by atoms with Gasteiger partial charge in [-0.1, -0.05) is 19.9 Å². The molecule has 0 saturated carbocycles. The van der Waals surface area contributed by atoms with E-state index in [9.17, 15) is 4.79 Å². The van der Waals surface area contributed by atoms with Crippen LogP contribution in [0.4, 0.5) is 0 Å². The average molecular weight is 366 g/mol. The molecular formula is C22H26N2O3. The van der Waals surface area contributed by atoms with Gasteiger partial charge in [-0.25, -0.2) is 9.78 Å². The van der Waals surface area contributed by atoms with Gasteiger partial charge in [0.15, 0.2) is 0 Å². The first-order valence-electron chi connectivity index (χ1n) is 9.33. The summed E-state index contributed by atoms with van der Waals surface area (Å²) in [6, 6.07) is 11.6. The van der Waals surface area contributed by atoms with Crippen molar-refractivity contribution in [3.63, 3.8) is 0 Å². The van der Waals surface area contributed by atoms with Crippen LogP contribution in [0, 0.1) is 0 Å². The molecule has 0 amide bonds. The van der Waals surface area contributed by atoms with E-state index in [1.165, 1.54) is 23.8 Å². The SMILES string of the molecule is CCC(CC)c1[nH]c2cc(OC)ccc2c1Cc1cccc(C(=O)OC)n1. The zero-order chi connectivity index (χ0) is 19.4. The summed E-state index contributed by atoms with van der Waals surface area (Å²) >= 11 is 0. The normalized spacial score (nSPS) is 11.1. The van der Waals surface area contributed by atoms with Gasteiger partial charge in [0.25, 0.3) is 0 Å². The quantitative estimate of drug-likeness (QED) is 0.607.